The van der Waals surface area contributed by atoms with Crippen LogP contribution >= 0.6 is 0 Å². The molecule has 6 heteroatoms. The van der Waals surface area contributed by atoms with E-state index in [1.807, 2.05) is 24.8 Å². The summed E-state index contributed by atoms with van der Waals surface area (Å²) in [5.41, 5.74) is -0.207. The summed E-state index contributed by atoms with van der Waals surface area (Å²) < 4.78 is 6.81. The molecule has 1 aromatic carbocycles. The van der Waals surface area contributed by atoms with Gasteiger partial charge in [-0.1, -0.05) is 18.2 Å². The van der Waals surface area contributed by atoms with Gasteiger partial charge in [-0.2, -0.15) is 0 Å². The van der Waals surface area contributed by atoms with E-state index in [-0.39, 0.29) is 17.8 Å². The number of morpholine rings is 1. The molecule has 1 fully saturated rings. The number of ether oxygens (including phenoxy) is 1. The van der Waals surface area contributed by atoms with Gasteiger partial charge in [0.2, 0.25) is 0 Å². The summed E-state index contributed by atoms with van der Waals surface area (Å²) in [6.45, 7) is 5.25. The van der Waals surface area contributed by atoms with Gasteiger partial charge in [-0.15, -0.1) is 0 Å². The summed E-state index contributed by atoms with van der Waals surface area (Å²) in [4.78, 5) is 29.5. The van der Waals surface area contributed by atoms with Crippen LogP contribution in [0.3, 0.4) is 0 Å². The maximum Gasteiger partial charge on any atom is 0.334 e. The number of nitrogens with one attached hydrogen (secondary N) is 1. The molecule has 1 aliphatic heterocycles. The van der Waals surface area contributed by atoms with Crippen LogP contribution < -0.4 is 16.1 Å². The number of hydrogen-bond acceptors (Lipinski definition) is 4. The van der Waals surface area contributed by atoms with E-state index >= 15 is 0 Å². The minimum absolute atomic E-state index is 0.0591. The molecule has 0 aliphatic carbocycles. The van der Waals surface area contributed by atoms with Gasteiger partial charge in [0.05, 0.1) is 17.9 Å². The van der Waals surface area contributed by atoms with Gasteiger partial charge in [0, 0.05) is 19.2 Å². The van der Waals surface area contributed by atoms with Crippen LogP contribution in [0.15, 0.2) is 46.0 Å². The van der Waals surface area contributed by atoms with Crippen LogP contribution in [0.4, 0.5) is 5.82 Å². The zero-order valence-electron chi connectivity index (χ0n) is 12.7. The first-order valence-electron chi connectivity index (χ1n) is 7.37. The van der Waals surface area contributed by atoms with Gasteiger partial charge in [0.1, 0.15) is 5.82 Å². The number of nitrogens with zero attached hydrogens (tertiary/aromatic N) is 2. The summed E-state index contributed by atoms with van der Waals surface area (Å²) >= 11 is 0. The van der Waals surface area contributed by atoms with Crippen molar-refractivity contribution >= 4 is 5.82 Å². The summed E-state index contributed by atoms with van der Waals surface area (Å²) in [6.07, 6.45) is 0.118. The molecule has 1 saturated heterocycles. The van der Waals surface area contributed by atoms with E-state index < -0.39 is 5.69 Å². The summed E-state index contributed by atoms with van der Waals surface area (Å²) in [5.74, 6) is 0.546. The Balaban J connectivity index is 2.00. The zero-order valence-corrected chi connectivity index (χ0v) is 12.7. The van der Waals surface area contributed by atoms with Crippen molar-refractivity contribution in [1.82, 2.24) is 9.55 Å². The lowest BCUT2D eigenvalue weighted by Gasteiger charge is -2.36. The van der Waals surface area contributed by atoms with E-state index in [1.54, 1.807) is 24.3 Å². The predicted molar refractivity (Wildman–Crippen MR) is 84.9 cm³/mol. The molecular weight excluding hydrogens is 282 g/mol. The fourth-order valence-corrected chi connectivity index (χ4v) is 2.85. The number of rotatable bonds is 2. The monoisotopic (exact) mass is 301 g/mol. The van der Waals surface area contributed by atoms with Gasteiger partial charge in [-0.05, 0) is 26.0 Å². The molecule has 2 heterocycles. The molecule has 6 nitrogen and oxygen atoms in total. The number of benzene rings is 1. The standard InChI is InChI=1S/C16H19N3O3/c1-11-9-18(10-12(2)22-11)14-8-15(20)19(16(21)17-14)13-6-4-3-5-7-13/h3-8,11-12H,9-10H2,1-2H3,(H,17,21)/t11-,12+. The topological polar surface area (TPSA) is 67.3 Å². The first-order valence-corrected chi connectivity index (χ1v) is 7.37. The summed E-state index contributed by atoms with van der Waals surface area (Å²) in [5, 5.41) is 0. The van der Waals surface area contributed by atoms with Gasteiger partial charge in [-0.3, -0.25) is 9.78 Å². The Morgan fingerprint density at radius 3 is 2.32 bits per heavy atom. The quantitative estimate of drug-likeness (QED) is 0.903. The predicted octanol–water partition coefficient (Wildman–Crippen LogP) is 1.14. The fourth-order valence-electron chi connectivity index (χ4n) is 2.85. The second kappa shape index (κ2) is 5.81. The number of para-hydroxylation sites is 1. The van der Waals surface area contributed by atoms with E-state index in [0.717, 1.165) is 4.57 Å². The Kier molecular flexibility index (Phi) is 3.85. The van der Waals surface area contributed by atoms with Crippen molar-refractivity contribution in [3.8, 4) is 5.69 Å². The van der Waals surface area contributed by atoms with Crippen LogP contribution in [0.25, 0.3) is 5.69 Å². The highest BCUT2D eigenvalue weighted by atomic mass is 16.5. The molecule has 0 bridgehead atoms. The van der Waals surface area contributed by atoms with Gasteiger partial charge in [-0.25, -0.2) is 9.36 Å². The average Bonchev–Trinajstić information content (AvgIpc) is 2.46. The van der Waals surface area contributed by atoms with E-state index in [0.29, 0.717) is 24.6 Å². The Bertz CT molecular complexity index is 725. The Labute approximate surface area is 128 Å². The molecule has 0 amide bonds. The highest BCUT2D eigenvalue weighted by Crippen LogP contribution is 2.16. The number of aromatic nitrogens is 2. The smallest absolute Gasteiger partial charge is 0.334 e. The number of anilines is 1. The third-order valence-electron chi connectivity index (χ3n) is 3.69. The average molecular weight is 301 g/mol. The van der Waals surface area contributed by atoms with Gasteiger partial charge in [0.15, 0.2) is 0 Å². The normalized spacial score (nSPS) is 21.8. The highest BCUT2D eigenvalue weighted by Gasteiger charge is 2.23. The molecule has 2 aromatic rings. The minimum atomic E-state index is -0.430. The molecule has 1 aromatic heterocycles. The number of H-pyrrole nitrogens is 1. The van der Waals surface area contributed by atoms with Crippen molar-refractivity contribution < 1.29 is 4.74 Å². The van der Waals surface area contributed by atoms with Crippen molar-refractivity contribution in [2.75, 3.05) is 18.0 Å². The van der Waals surface area contributed by atoms with Crippen LogP contribution in [0.5, 0.6) is 0 Å². The van der Waals surface area contributed by atoms with E-state index in [2.05, 4.69) is 4.98 Å². The minimum Gasteiger partial charge on any atom is -0.372 e. The molecule has 0 unspecified atom stereocenters. The lowest BCUT2D eigenvalue weighted by molar-refractivity contribution is -0.00549. The third-order valence-corrected chi connectivity index (χ3v) is 3.69. The molecular formula is C16H19N3O3. The second-order valence-electron chi connectivity index (χ2n) is 5.63. The fraction of sp³-hybridized carbons (Fsp3) is 0.375. The maximum atomic E-state index is 12.4. The molecule has 2 atom stereocenters. The molecule has 1 aliphatic rings. The molecule has 116 valence electrons. The first kappa shape index (κ1) is 14.6. The SMILES string of the molecule is C[C@@H]1CN(c2cc(=O)n(-c3ccccc3)c(=O)[nH]2)C[C@H](C)O1. The van der Waals surface area contributed by atoms with Crippen LogP contribution in [0.2, 0.25) is 0 Å². The van der Waals surface area contributed by atoms with E-state index in [9.17, 15) is 9.59 Å². The first-order chi connectivity index (χ1) is 10.5. The number of hydrogen-bond donors (Lipinski definition) is 1. The molecule has 0 saturated carbocycles. The molecule has 0 spiro atoms. The van der Waals surface area contributed by atoms with Crippen molar-refractivity contribution in [1.29, 1.82) is 0 Å². The van der Waals surface area contributed by atoms with E-state index in [4.69, 9.17) is 4.74 Å². The Morgan fingerprint density at radius 2 is 1.73 bits per heavy atom. The molecule has 1 N–H and O–H groups in total. The Morgan fingerprint density at radius 1 is 1.09 bits per heavy atom. The van der Waals surface area contributed by atoms with Crippen molar-refractivity contribution in [3.05, 3.63) is 57.2 Å². The maximum absolute atomic E-state index is 12.4. The highest BCUT2D eigenvalue weighted by molar-refractivity contribution is 5.40. The van der Waals surface area contributed by atoms with Gasteiger partial charge in [0.25, 0.3) is 5.56 Å². The molecule has 22 heavy (non-hydrogen) atoms. The van der Waals surface area contributed by atoms with Crippen molar-refractivity contribution in [2.45, 2.75) is 26.1 Å². The van der Waals surface area contributed by atoms with Gasteiger partial charge >= 0.3 is 5.69 Å². The van der Waals surface area contributed by atoms with Crippen LogP contribution in [0, 0.1) is 0 Å². The second-order valence-corrected chi connectivity index (χ2v) is 5.63. The summed E-state index contributed by atoms with van der Waals surface area (Å²) in [7, 11) is 0. The lowest BCUT2D eigenvalue weighted by atomic mass is 10.2. The molecule has 0 radical (unpaired) electrons. The van der Waals surface area contributed by atoms with Gasteiger partial charge < -0.3 is 9.64 Å². The lowest BCUT2D eigenvalue weighted by Crippen LogP contribution is -2.47. The largest absolute Gasteiger partial charge is 0.372 e. The summed E-state index contributed by atoms with van der Waals surface area (Å²) in [6, 6.07) is 10.4. The van der Waals surface area contributed by atoms with Crippen molar-refractivity contribution in [3.63, 3.8) is 0 Å². The zero-order chi connectivity index (χ0) is 15.7. The molecule has 3 rings (SSSR count). The van der Waals surface area contributed by atoms with Crippen LogP contribution in [-0.2, 0) is 4.74 Å². The Hall–Kier alpha value is -2.34. The van der Waals surface area contributed by atoms with Crippen LogP contribution in [-0.4, -0.2) is 34.8 Å². The van der Waals surface area contributed by atoms with Crippen molar-refractivity contribution in [2.24, 2.45) is 0 Å². The third kappa shape index (κ3) is 2.82. The van der Waals surface area contributed by atoms with Crippen LogP contribution in [0.1, 0.15) is 13.8 Å². The van der Waals surface area contributed by atoms with E-state index in [1.165, 1.54) is 6.07 Å². The number of aromatic amines is 1.